The number of benzene rings is 2. The molecule has 0 saturated heterocycles. The van der Waals surface area contributed by atoms with E-state index in [0.717, 1.165) is 23.5 Å². The van der Waals surface area contributed by atoms with Gasteiger partial charge in [0.25, 0.3) is 15.9 Å². The van der Waals surface area contributed by atoms with Crippen LogP contribution in [-0.4, -0.2) is 19.3 Å². The van der Waals surface area contributed by atoms with Crippen molar-refractivity contribution in [2.24, 2.45) is 0 Å². The lowest BCUT2D eigenvalue weighted by atomic mass is 9.92. The molecular formula is C20H18F3N3O3S2. The number of amides is 1. The third kappa shape index (κ3) is 5.42. The van der Waals surface area contributed by atoms with Gasteiger partial charge in [-0.25, -0.2) is 13.4 Å². The molecule has 0 aliphatic rings. The van der Waals surface area contributed by atoms with Crippen LogP contribution in [0.25, 0.3) is 0 Å². The number of nitrogens with one attached hydrogen (secondary N) is 2. The normalized spacial score (nSPS) is 12.4. The second kappa shape index (κ2) is 8.31. The fourth-order valence-electron chi connectivity index (χ4n) is 2.75. The molecule has 0 aliphatic carbocycles. The quantitative estimate of drug-likeness (QED) is 0.551. The highest BCUT2D eigenvalue weighted by molar-refractivity contribution is 7.93. The fraction of sp³-hybridized carbons (Fsp3) is 0.200. The monoisotopic (exact) mass is 469 g/mol. The Morgan fingerprint density at radius 1 is 1.03 bits per heavy atom. The van der Waals surface area contributed by atoms with E-state index in [4.69, 9.17) is 0 Å². The van der Waals surface area contributed by atoms with Gasteiger partial charge in [0.2, 0.25) is 0 Å². The van der Waals surface area contributed by atoms with Crippen molar-refractivity contribution in [1.82, 2.24) is 10.3 Å². The summed E-state index contributed by atoms with van der Waals surface area (Å²) < 4.78 is 66.0. The number of rotatable bonds is 6. The lowest BCUT2D eigenvalue weighted by Crippen LogP contribution is -2.41. The molecule has 6 nitrogen and oxygen atoms in total. The summed E-state index contributed by atoms with van der Waals surface area (Å²) in [6, 6.07) is 9.91. The number of nitrogens with zero attached hydrogens (tertiary/aromatic N) is 1. The number of halogens is 3. The molecular weight excluding hydrogens is 451 g/mol. The number of aromatic nitrogens is 1. The first kappa shape index (κ1) is 22.8. The van der Waals surface area contributed by atoms with Gasteiger partial charge in [0.05, 0.1) is 16.0 Å². The molecule has 0 atom stereocenters. The van der Waals surface area contributed by atoms with Gasteiger partial charge in [-0.15, -0.1) is 11.3 Å². The molecule has 0 unspecified atom stereocenters. The van der Waals surface area contributed by atoms with Crippen LogP contribution in [0.1, 0.15) is 35.3 Å². The Labute approximate surface area is 181 Å². The van der Waals surface area contributed by atoms with Gasteiger partial charge in [-0.2, -0.15) is 13.2 Å². The van der Waals surface area contributed by atoms with Gasteiger partial charge in [0.15, 0.2) is 5.13 Å². The molecule has 31 heavy (non-hydrogen) atoms. The summed E-state index contributed by atoms with van der Waals surface area (Å²) in [5.74, 6) is -0.556. The number of thiazole rings is 1. The predicted octanol–water partition coefficient (Wildman–Crippen LogP) is 4.63. The molecule has 11 heteroatoms. The van der Waals surface area contributed by atoms with Crippen molar-refractivity contribution in [1.29, 1.82) is 0 Å². The summed E-state index contributed by atoms with van der Waals surface area (Å²) in [4.78, 5) is 16.4. The Bertz CT molecular complexity index is 1170. The van der Waals surface area contributed by atoms with Crippen molar-refractivity contribution in [2.75, 3.05) is 4.72 Å². The molecule has 1 amide bonds. The minimum absolute atomic E-state index is 0.0589. The van der Waals surface area contributed by atoms with E-state index in [1.807, 2.05) is 0 Å². The maximum absolute atomic E-state index is 13.0. The van der Waals surface area contributed by atoms with Gasteiger partial charge >= 0.3 is 6.18 Å². The van der Waals surface area contributed by atoms with E-state index in [1.54, 1.807) is 19.2 Å². The number of carbonyl (C=O) groups excluding carboxylic acids is 1. The number of anilines is 1. The lowest BCUT2D eigenvalue weighted by Gasteiger charge is -2.27. The minimum Gasteiger partial charge on any atom is -0.343 e. The number of hydrogen-bond acceptors (Lipinski definition) is 5. The molecule has 0 aliphatic heterocycles. The van der Waals surface area contributed by atoms with Crippen molar-refractivity contribution in [3.63, 3.8) is 0 Å². The van der Waals surface area contributed by atoms with Crippen molar-refractivity contribution in [2.45, 2.75) is 30.5 Å². The van der Waals surface area contributed by atoms with E-state index in [2.05, 4.69) is 15.0 Å². The Morgan fingerprint density at radius 3 is 2.26 bits per heavy atom. The molecule has 164 valence electrons. The zero-order valence-corrected chi connectivity index (χ0v) is 18.0. The van der Waals surface area contributed by atoms with Crippen molar-refractivity contribution in [3.05, 3.63) is 76.8 Å². The molecule has 1 heterocycles. The van der Waals surface area contributed by atoms with Crippen LogP contribution >= 0.6 is 11.3 Å². The van der Waals surface area contributed by atoms with Crippen LogP contribution in [0.3, 0.4) is 0 Å². The molecule has 1 aromatic heterocycles. The molecule has 2 N–H and O–H groups in total. The largest absolute Gasteiger partial charge is 0.416 e. The molecule has 0 bridgehead atoms. The molecule has 0 fully saturated rings. The summed E-state index contributed by atoms with van der Waals surface area (Å²) in [7, 11) is -3.86. The van der Waals surface area contributed by atoms with E-state index < -0.39 is 33.2 Å². The van der Waals surface area contributed by atoms with Gasteiger partial charge in [0.1, 0.15) is 0 Å². The second-order valence-corrected chi connectivity index (χ2v) is 9.70. The SMILES string of the molecule is CC(C)(NC(=O)c1ccc(S(=O)(=O)Nc2nccs2)cc1)c1cccc(C(F)(F)F)c1. The Kier molecular flexibility index (Phi) is 6.10. The summed E-state index contributed by atoms with van der Waals surface area (Å²) in [6.07, 6.45) is -3.04. The third-order valence-corrected chi connectivity index (χ3v) is 6.59. The van der Waals surface area contributed by atoms with Crippen LogP contribution in [0.2, 0.25) is 0 Å². The van der Waals surface area contributed by atoms with E-state index in [9.17, 15) is 26.4 Å². The Balaban J connectivity index is 1.76. The van der Waals surface area contributed by atoms with Crippen molar-refractivity contribution in [3.8, 4) is 0 Å². The summed E-state index contributed by atoms with van der Waals surface area (Å²) in [5.41, 5.74) is -1.47. The smallest absolute Gasteiger partial charge is 0.343 e. The maximum atomic E-state index is 13.0. The molecule has 0 radical (unpaired) electrons. The van der Waals surface area contributed by atoms with E-state index >= 15 is 0 Å². The first-order chi connectivity index (χ1) is 14.4. The first-order valence-electron chi connectivity index (χ1n) is 8.91. The first-order valence-corrected chi connectivity index (χ1v) is 11.3. The zero-order valence-electron chi connectivity index (χ0n) is 16.4. The second-order valence-electron chi connectivity index (χ2n) is 7.12. The zero-order chi connectivity index (χ0) is 22.9. The number of alkyl halides is 3. The van der Waals surface area contributed by atoms with E-state index in [-0.39, 0.29) is 21.2 Å². The van der Waals surface area contributed by atoms with Gasteiger partial charge in [-0.3, -0.25) is 9.52 Å². The third-order valence-electron chi connectivity index (χ3n) is 4.42. The molecule has 3 aromatic rings. The highest BCUT2D eigenvalue weighted by atomic mass is 32.2. The van der Waals surface area contributed by atoms with Gasteiger partial charge < -0.3 is 5.32 Å². The van der Waals surface area contributed by atoms with Gasteiger partial charge in [-0.05, 0) is 55.8 Å². The number of carbonyl (C=O) groups is 1. The van der Waals surface area contributed by atoms with Crippen molar-refractivity contribution >= 4 is 32.4 Å². The predicted molar refractivity (Wildman–Crippen MR) is 111 cm³/mol. The molecule has 3 rings (SSSR count). The van der Waals surface area contributed by atoms with Crippen LogP contribution in [-0.2, 0) is 21.7 Å². The number of hydrogen-bond donors (Lipinski definition) is 2. The maximum Gasteiger partial charge on any atom is 0.416 e. The average Bonchev–Trinajstić information content (AvgIpc) is 3.19. The minimum atomic E-state index is -4.50. The Hall–Kier alpha value is -2.92. The summed E-state index contributed by atoms with van der Waals surface area (Å²) in [6.45, 7) is 3.16. The molecule has 2 aromatic carbocycles. The highest BCUT2D eigenvalue weighted by Gasteiger charge is 2.32. The van der Waals surface area contributed by atoms with Crippen LogP contribution in [0.4, 0.5) is 18.3 Å². The van der Waals surface area contributed by atoms with Gasteiger partial charge in [-0.1, -0.05) is 12.1 Å². The van der Waals surface area contributed by atoms with E-state index in [1.165, 1.54) is 42.6 Å². The fourth-order valence-corrected chi connectivity index (χ4v) is 4.53. The average molecular weight is 470 g/mol. The lowest BCUT2D eigenvalue weighted by molar-refractivity contribution is -0.137. The van der Waals surface area contributed by atoms with Crippen LogP contribution < -0.4 is 10.0 Å². The summed E-state index contributed by atoms with van der Waals surface area (Å²) >= 11 is 1.12. The summed E-state index contributed by atoms with van der Waals surface area (Å²) in [5, 5.41) is 4.52. The van der Waals surface area contributed by atoms with Crippen LogP contribution in [0.5, 0.6) is 0 Å². The highest BCUT2D eigenvalue weighted by Crippen LogP contribution is 2.32. The molecule has 0 spiro atoms. The standard InChI is InChI=1S/C20H18F3N3O3S2/c1-19(2,14-4-3-5-15(12-14)20(21,22)23)25-17(27)13-6-8-16(9-7-13)31(28,29)26-18-24-10-11-30-18/h3-12H,1-2H3,(H,24,26)(H,25,27). The topological polar surface area (TPSA) is 88.2 Å². The van der Waals surface area contributed by atoms with E-state index in [0.29, 0.717) is 0 Å². The van der Waals surface area contributed by atoms with Crippen LogP contribution in [0.15, 0.2) is 65.0 Å². The number of sulfonamides is 1. The Morgan fingerprint density at radius 2 is 1.68 bits per heavy atom. The molecule has 0 saturated carbocycles. The van der Waals surface area contributed by atoms with Gasteiger partial charge in [0, 0.05) is 17.1 Å². The van der Waals surface area contributed by atoms with Crippen molar-refractivity contribution < 1.29 is 26.4 Å². The van der Waals surface area contributed by atoms with Crippen LogP contribution in [0, 0.1) is 0 Å².